The summed E-state index contributed by atoms with van der Waals surface area (Å²) < 4.78 is 1.00. The Labute approximate surface area is 129 Å². The average molecular weight is 334 g/mol. The zero-order valence-corrected chi connectivity index (χ0v) is 13.7. The number of para-hydroxylation sites is 1. The number of aryl methyl sites for hydroxylation is 1. The van der Waals surface area contributed by atoms with E-state index in [-0.39, 0.29) is 0 Å². The first-order chi connectivity index (χ1) is 9.54. The second kappa shape index (κ2) is 6.42. The minimum absolute atomic E-state index is 0.450. The lowest BCUT2D eigenvalue weighted by atomic mass is 10.1. The number of hydrogen-bond acceptors (Lipinski definition) is 2. The molecule has 3 heteroatoms. The van der Waals surface area contributed by atoms with Crippen LogP contribution in [0.1, 0.15) is 31.1 Å². The van der Waals surface area contributed by atoms with E-state index in [4.69, 9.17) is 0 Å². The maximum absolute atomic E-state index is 9.66. The van der Waals surface area contributed by atoms with Crippen LogP contribution < -0.4 is 4.90 Å². The predicted molar refractivity (Wildman–Crippen MR) is 88.6 cm³/mol. The third-order valence-corrected chi connectivity index (χ3v) is 4.10. The maximum atomic E-state index is 9.66. The average Bonchev–Trinajstić information content (AvgIpc) is 2.43. The van der Waals surface area contributed by atoms with Gasteiger partial charge in [0.1, 0.15) is 0 Å². The fourth-order valence-electron chi connectivity index (χ4n) is 2.34. The van der Waals surface area contributed by atoms with Gasteiger partial charge in [0.15, 0.2) is 0 Å². The Morgan fingerprint density at radius 2 is 1.85 bits per heavy atom. The summed E-state index contributed by atoms with van der Waals surface area (Å²) in [4.78, 5) is 2.27. The van der Waals surface area contributed by atoms with Crippen LogP contribution in [0.15, 0.2) is 46.9 Å². The first kappa shape index (κ1) is 15.1. The molecule has 2 aromatic rings. The summed E-state index contributed by atoms with van der Waals surface area (Å²) in [5.74, 6) is 0. The van der Waals surface area contributed by atoms with Gasteiger partial charge in [-0.15, -0.1) is 0 Å². The Morgan fingerprint density at radius 1 is 1.15 bits per heavy atom. The number of benzene rings is 2. The van der Waals surface area contributed by atoms with Gasteiger partial charge in [-0.25, -0.2) is 0 Å². The number of halogens is 1. The van der Waals surface area contributed by atoms with E-state index in [2.05, 4.69) is 65.0 Å². The molecule has 1 N–H and O–H groups in total. The number of rotatable bonds is 4. The number of aliphatic hydroxyl groups is 1. The minimum atomic E-state index is -0.450. The Morgan fingerprint density at radius 3 is 2.40 bits per heavy atom. The van der Waals surface area contributed by atoms with E-state index in [9.17, 15) is 5.11 Å². The van der Waals surface area contributed by atoms with E-state index in [0.29, 0.717) is 0 Å². The second-order valence-corrected chi connectivity index (χ2v) is 5.77. The molecule has 0 heterocycles. The highest BCUT2D eigenvalue weighted by Gasteiger charge is 2.13. The maximum Gasteiger partial charge on any atom is 0.0762 e. The Bertz CT molecular complexity index is 595. The standard InChI is InChI=1S/C17H20BrNO/c1-4-19(16-8-6-5-7-12(16)2)17-10-9-14(13(3)20)11-15(17)18/h5-11,13,20H,4H2,1-3H3/t13-/m0/s1. The van der Waals surface area contributed by atoms with Gasteiger partial charge in [0.05, 0.1) is 11.8 Å². The fraction of sp³-hybridized carbons (Fsp3) is 0.294. The summed E-state index contributed by atoms with van der Waals surface area (Å²) in [6.45, 7) is 6.93. The van der Waals surface area contributed by atoms with Crippen molar-refractivity contribution in [3.8, 4) is 0 Å². The molecule has 106 valence electrons. The van der Waals surface area contributed by atoms with Crippen LogP contribution in [0.3, 0.4) is 0 Å². The Hall–Kier alpha value is -1.32. The van der Waals surface area contributed by atoms with E-state index in [0.717, 1.165) is 22.3 Å². The van der Waals surface area contributed by atoms with Crippen molar-refractivity contribution in [1.82, 2.24) is 0 Å². The first-order valence-corrected chi connectivity index (χ1v) is 7.64. The SMILES string of the molecule is CCN(c1ccccc1C)c1ccc([C@H](C)O)cc1Br. The van der Waals surface area contributed by atoms with Gasteiger partial charge < -0.3 is 10.0 Å². The molecule has 0 amide bonds. The minimum Gasteiger partial charge on any atom is -0.389 e. The number of nitrogens with zero attached hydrogens (tertiary/aromatic N) is 1. The molecule has 0 unspecified atom stereocenters. The normalized spacial score (nSPS) is 12.2. The van der Waals surface area contributed by atoms with Gasteiger partial charge in [-0.05, 0) is 66.0 Å². The Kier molecular flexibility index (Phi) is 4.84. The molecule has 0 spiro atoms. The van der Waals surface area contributed by atoms with Crippen LogP contribution in [-0.4, -0.2) is 11.7 Å². The summed E-state index contributed by atoms with van der Waals surface area (Å²) in [6, 6.07) is 14.4. The lowest BCUT2D eigenvalue weighted by Crippen LogP contribution is -2.17. The summed E-state index contributed by atoms with van der Waals surface area (Å²) >= 11 is 3.63. The van der Waals surface area contributed by atoms with Gasteiger partial charge in [0, 0.05) is 16.7 Å². The summed E-state index contributed by atoms with van der Waals surface area (Å²) in [7, 11) is 0. The van der Waals surface area contributed by atoms with E-state index in [1.807, 2.05) is 12.1 Å². The molecule has 2 nitrogen and oxygen atoms in total. The van der Waals surface area contributed by atoms with Gasteiger partial charge in [0.2, 0.25) is 0 Å². The van der Waals surface area contributed by atoms with Crippen molar-refractivity contribution < 1.29 is 5.11 Å². The Balaban J connectivity index is 2.45. The number of hydrogen-bond donors (Lipinski definition) is 1. The molecule has 0 saturated heterocycles. The van der Waals surface area contributed by atoms with Crippen LogP contribution in [0.5, 0.6) is 0 Å². The zero-order chi connectivity index (χ0) is 14.7. The van der Waals surface area contributed by atoms with Crippen LogP contribution in [-0.2, 0) is 0 Å². The van der Waals surface area contributed by atoms with Crippen molar-refractivity contribution in [2.45, 2.75) is 26.9 Å². The molecular formula is C17H20BrNO. The molecule has 20 heavy (non-hydrogen) atoms. The summed E-state index contributed by atoms with van der Waals surface area (Å²) in [6.07, 6.45) is -0.450. The first-order valence-electron chi connectivity index (χ1n) is 6.85. The highest BCUT2D eigenvalue weighted by atomic mass is 79.9. The predicted octanol–water partition coefficient (Wildman–Crippen LogP) is 4.97. The lowest BCUT2D eigenvalue weighted by molar-refractivity contribution is 0.199. The zero-order valence-electron chi connectivity index (χ0n) is 12.1. The molecule has 0 aliphatic heterocycles. The molecule has 0 bridgehead atoms. The molecule has 0 saturated carbocycles. The molecule has 0 radical (unpaired) electrons. The van der Waals surface area contributed by atoms with Crippen LogP contribution in [0.2, 0.25) is 0 Å². The number of anilines is 2. The van der Waals surface area contributed by atoms with E-state index in [1.54, 1.807) is 6.92 Å². The molecule has 1 atom stereocenters. The fourth-order valence-corrected chi connectivity index (χ4v) is 2.95. The summed E-state index contributed by atoms with van der Waals surface area (Å²) in [5.41, 5.74) is 4.49. The quantitative estimate of drug-likeness (QED) is 0.853. The van der Waals surface area contributed by atoms with Gasteiger partial charge >= 0.3 is 0 Å². The van der Waals surface area contributed by atoms with Crippen molar-refractivity contribution >= 4 is 27.3 Å². The van der Waals surface area contributed by atoms with Gasteiger partial charge in [-0.1, -0.05) is 24.3 Å². The van der Waals surface area contributed by atoms with Crippen molar-refractivity contribution in [3.63, 3.8) is 0 Å². The highest BCUT2D eigenvalue weighted by Crippen LogP contribution is 2.35. The van der Waals surface area contributed by atoms with E-state index >= 15 is 0 Å². The molecule has 0 aliphatic rings. The molecule has 0 aliphatic carbocycles. The van der Waals surface area contributed by atoms with Gasteiger partial charge in [-0.3, -0.25) is 0 Å². The van der Waals surface area contributed by atoms with E-state index in [1.165, 1.54) is 11.3 Å². The number of aliphatic hydroxyl groups excluding tert-OH is 1. The van der Waals surface area contributed by atoms with Crippen LogP contribution in [0, 0.1) is 6.92 Å². The topological polar surface area (TPSA) is 23.5 Å². The largest absolute Gasteiger partial charge is 0.389 e. The highest BCUT2D eigenvalue weighted by molar-refractivity contribution is 9.10. The molecular weight excluding hydrogens is 314 g/mol. The van der Waals surface area contributed by atoms with Crippen molar-refractivity contribution in [2.24, 2.45) is 0 Å². The van der Waals surface area contributed by atoms with Gasteiger partial charge in [-0.2, -0.15) is 0 Å². The van der Waals surface area contributed by atoms with Crippen molar-refractivity contribution in [1.29, 1.82) is 0 Å². The smallest absolute Gasteiger partial charge is 0.0762 e. The summed E-state index contributed by atoms with van der Waals surface area (Å²) in [5, 5.41) is 9.66. The second-order valence-electron chi connectivity index (χ2n) is 4.92. The van der Waals surface area contributed by atoms with E-state index < -0.39 is 6.10 Å². The van der Waals surface area contributed by atoms with Crippen molar-refractivity contribution in [3.05, 3.63) is 58.1 Å². The third-order valence-electron chi connectivity index (χ3n) is 3.47. The molecule has 0 fully saturated rings. The monoisotopic (exact) mass is 333 g/mol. The third kappa shape index (κ3) is 3.05. The van der Waals surface area contributed by atoms with Crippen LogP contribution in [0.25, 0.3) is 0 Å². The molecule has 2 aromatic carbocycles. The van der Waals surface area contributed by atoms with Crippen LogP contribution in [0.4, 0.5) is 11.4 Å². The van der Waals surface area contributed by atoms with Crippen LogP contribution >= 0.6 is 15.9 Å². The molecule has 2 rings (SSSR count). The lowest BCUT2D eigenvalue weighted by Gasteiger charge is -2.26. The van der Waals surface area contributed by atoms with Gasteiger partial charge in [0.25, 0.3) is 0 Å². The van der Waals surface area contributed by atoms with Crippen molar-refractivity contribution in [2.75, 3.05) is 11.4 Å². The molecule has 0 aromatic heterocycles.